The van der Waals surface area contributed by atoms with Crippen molar-refractivity contribution >= 4 is 23.2 Å². The van der Waals surface area contributed by atoms with Crippen molar-refractivity contribution in [3.8, 4) is 5.75 Å². The summed E-state index contributed by atoms with van der Waals surface area (Å²) in [6, 6.07) is 3.59. The highest BCUT2D eigenvalue weighted by Crippen LogP contribution is 2.51. The van der Waals surface area contributed by atoms with Gasteiger partial charge in [0.2, 0.25) is 0 Å². The minimum Gasteiger partial charge on any atom is -0.495 e. The molecule has 3 rings (SSSR count). The van der Waals surface area contributed by atoms with Crippen LogP contribution in [0.4, 0.5) is 0 Å². The quantitative estimate of drug-likeness (QED) is 0.864. The maximum absolute atomic E-state index is 6.38. The number of halogens is 2. The molecule has 0 radical (unpaired) electrons. The Bertz CT molecular complexity index is 505. The van der Waals surface area contributed by atoms with Gasteiger partial charge in [-0.3, -0.25) is 0 Å². The van der Waals surface area contributed by atoms with Gasteiger partial charge in [-0.15, -0.1) is 0 Å². The molecule has 0 aliphatic heterocycles. The summed E-state index contributed by atoms with van der Waals surface area (Å²) in [4.78, 5) is 0. The van der Waals surface area contributed by atoms with Crippen LogP contribution < -0.4 is 10.5 Å². The number of hydrogen-bond acceptors (Lipinski definition) is 2. The summed E-state index contributed by atoms with van der Waals surface area (Å²) in [6.45, 7) is 0. The molecule has 4 heteroatoms. The van der Waals surface area contributed by atoms with Gasteiger partial charge in [0.15, 0.2) is 0 Å². The fourth-order valence-electron chi connectivity index (χ4n) is 4.10. The molecular weight excluding hydrogens is 293 g/mol. The maximum atomic E-state index is 6.38. The highest BCUT2D eigenvalue weighted by Gasteiger charge is 2.40. The highest BCUT2D eigenvalue weighted by molar-refractivity contribution is 6.34. The van der Waals surface area contributed by atoms with E-state index in [1.54, 1.807) is 13.2 Å². The average Bonchev–Trinajstić information content (AvgIpc) is 3.03. The smallest absolute Gasteiger partial charge is 0.138 e. The summed E-state index contributed by atoms with van der Waals surface area (Å²) >= 11 is 12.5. The first-order chi connectivity index (χ1) is 9.58. The molecule has 0 spiro atoms. The SMILES string of the molecule is COc1cc(Cl)c(C(N)CC2CC3CCC2C3)cc1Cl. The van der Waals surface area contributed by atoms with Crippen LogP contribution in [0.2, 0.25) is 10.0 Å². The number of fused-ring (bicyclic) bond motifs is 2. The molecule has 1 aromatic carbocycles. The lowest BCUT2D eigenvalue weighted by molar-refractivity contribution is 0.296. The molecule has 2 nitrogen and oxygen atoms in total. The fraction of sp³-hybridized carbons (Fsp3) is 0.625. The highest BCUT2D eigenvalue weighted by atomic mass is 35.5. The van der Waals surface area contributed by atoms with Crippen LogP contribution in [-0.4, -0.2) is 7.11 Å². The second-order valence-electron chi connectivity index (χ2n) is 6.29. The minimum atomic E-state index is -0.0322. The molecule has 2 aliphatic carbocycles. The first-order valence-corrected chi connectivity index (χ1v) is 8.12. The normalized spacial score (nSPS) is 29.7. The van der Waals surface area contributed by atoms with E-state index in [2.05, 4.69) is 0 Å². The molecular formula is C16H21Cl2NO. The molecule has 2 N–H and O–H groups in total. The van der Waals surface area contributed by atoms with Gasteiger partial charge in [-0.25, -0.2) is 0 Å². The van der Waals surface area contributed by atoms with Crippen LogP contribution >= 0.6 is 23.2 Å². The molecule has 20 heavy (non-hydrogen) atoms. The fourth-order valence-corrected chi connectivity index (χ4v) is 4.65. The van der Waals surface area contributed by atoms with E-state index in [9.17, 15) is 0 Å². The third-order valence-corrected chi connectivity index (χ3v) is 5.73. The number of hydrogen-bond donors (Lipinski definition) is 1. The Balaban J connectivity index is 1.74. The zero-order valence-corrected chi connectivity index (χ0v) is 13.3. The van der Waals surface area contributed by atoms with Gasteiger partial charge in [-0.1, -0.05) is 29.6 Å². The Hall–Kier alpha value is -0.440. The summed E-state index contributed by atoms with van der Waals surface area (Å²) in [5.41, 5.74) is 7.33. The monoisotopic (exact) mass is 313 g/mol. The summed E-state index contributed by atoms with van der Waals surface area (Å²) in [7, 11) is 1.59. The Morgan fingerprint density at radius 3 is 2.65 bits per heavy atom. The van der Waals surface area contributed by atoms with Crippen molar-refractivity contribution in [3.63, 3.8) is 0 Å². The second kappa shape index (κ2) is 5.75. The topological polar surface area (TPSA) is 35.2 Å². The first kappa shape index (κ1) is 14.5. The van der Waals surface area contributed by atoms with Gasteiger partial charge in [-0.05, 0) is 55.1 Å². The zero-order valence-electron chi connectivity index (χ0n) is 11.7. The van der Waals surface area contributed by atoms with Gasteiger partial charge >= 0.3 is 0 Å². The third-order valence-electron chi connectivity index (χ3n) is 5.11. The van der Waals surface area contributed by atoms with Crippen LogP contribution in [0, 0.1) is 17.8 Å². The lowest BCUT2D eigenvalue weighted by Gasteiger charge is -2.25. The van der Waals surface area contributed by atoms with E-state index in [-0.39, 0.29) is 6.04 Å². The summed E-state index contributed by atoms with van der Waals surface area (Å²) < 4.78 is 5.18. The molecule has 0 saturated heterocycles. The summed E-state index contributed by atoms with van der Waals surface area (Å²) in [6.07, 6.45) is 6.59. The number of benzene rings is 1. The van der Waals surface area contributed by atoms with Crippen molar-refractivity contribution in [2.45, 2.75) is 38.1 Å². The van der Waals surface area contributed by atoms with Crippen molar-refractivity contribution in [2.24, 2.45) is 23.5 Å². The largest absolute Gasteiger partial charge is 0.495 e. The van der Waals surface area contributed by atoms with Crippen molar-refractivity contribution in [1.29, 1.82) is 0 Å². The first-order valence-electron chi connectivity index (χ1n) is 7.37. The van der Waals surface area contributed by atoms with E-state index in [4.69, 9.17) is 33.7 Å². The van der Waals surface area contributed by atoms with E-state index in [0.717, 1.165) is 29.7 Å². The van der Waals surface area contributed by atoms with Crippen LogP contribution in [0.15, 0.2) is 12.1 Å². The van der Waals surface area contributed by atoms with Crippen molar-refractivity contribution < 1.29 is 4.74 Å². The standard InChI is InChI=1S/C16H21Cl2NO/c1-20-16-8-13(17)12(7-14(16)18)15(19)6-11-5-9-2-3-10(11)4-9/h7-11,15H,2-6,19H2,1H3. The third kappa shape index (κ3) is 2.66. The van der Waals surface area contributed by atoms with Gasteiger partial charge in [0.25, 0.3) is 0 Å². The van der Waals surface area contributed by atoms with E-state index in [1.807, 2.05) is 6.07 Å². The van der Waals surface area contributed by atoms with Crippen LogP contribution in [0.3, 0.4) is 0 Å². The Labute approximate surface area is 130 Å². The van der Waals surface area contributed by atoms with Crippen molar-refractivity contribution in [1.82, 2.24) is 0 Å². The van der Waals surface area contributed by atoms with E-state index in [1.165, 1.54) is 25.7 Å². The molecule has 1 aromatic rings. The van der Waals surface area contributed by atoms with Gasteiger partial charge in [-0.2, -0.15) is 0 Å². The molecule has 2 aliphatic rings. The molecule has 4 unspecified atom stereocenters. The predicted octanol–water partition coefficient (Wildman–Crippen LogP) is 4.83. The van der Waals surface area contributed by atoms with Gasteiger partial charge in [0, 0.05) is 17.1 Å². The average molecular weight is 314 g/mol. The Morgan fingerprint density at radius 2 is 2.05 bits per heavy atom. The van der Waals surface area contributed by atoms with Gasteiger partial charge < -0.3 is 10.5 Å². The number of ether oxygens (including phenoxy) is 1. The van der Waals surface area contributed by atoms with Crippen molar-refractivity contribution in [3.05, 3.63) is 27.7 Å². The lowest BCUT2D eigenvalue weighted by atomic mass is 9.83. The van der Waals surface area contributed by atoms with Crippen LogP contribution in [-0.2, 0) is 0 Å². The van der Waals surface area contributed by atoms with E-state index in [0.29, 0.717) is 15.8 Å². The van der Waals surface area contributed by atoms with E-state index >= 15 is 0 Å². The molecule has 0 aromatic heterocycles. The molecule has 110 valence electrons. The van der Waals surface area contributed by atoms with Gasteiger partial charge in [0.05, 0.1) is 12.1 Å². The Morgan fingerprint density at radius 1 is 1.25 bits per heavy atom. The molecule has 0 amide bonds. The number of nitrogens with two attached hydrogens (primary N) is 1. The molecule has 2 fully saturated rings. The number of methoxy groups -OCH3 is 1. The number of rotatable bonds is 4. The van der Waals surface area contributed by atoms with Crippen LogP contribution in [0.5, 0.6) is 5.75 Å². The summed E-state index contributed by atoms with van der Waals surface area (Å²) in [5, 5.41) is 1.23. The molecule has 2 saturated carbocycles. The van der Waals surface area contributed by atoms with Crippen LogP contribution in [0.25, 0.3) is 0 Å². The summed E-state index contributed by atoms with van der Waals surface area (Å²) in [5.74, 6) is 3.21. The lowest BCUT2D eigenvalue weighted by Crippen LogP contribution is -2.19. The second-order valence-corrected chi connectivity index (χ2v) is 7.10. The molecule has 2 bridgehead atoms. The molecule has 0 heterocycles. The van der Waals surface area contributed by atoms with Crippen LogP contribution in [0.1, 0.15) is 43.7 Å². The Kier molecular flexibility index (Phi) is 4.16. The zero-order chi connectivity index (χ0) is 14.3. The minimum absolute atomic E-state index is 0.0322. The van der Waals surface area contributed by atoms with Gasteiger partial charge in [0.1, 0.15) is 5.75 Å². The van der Waals surface area contributed by atoms with E-state index < -0.39 is 0 Å². The van der Waals surface area contributed by atoms with Crippen molar-refractivity contribution in [2.75, 3.05) is 7.11 Å². The predicted molar refractivity (Wildman–Crippen MR) is 83.5 cm³/mol. The maximum Gasteiger partial charge on any atom is 0.138 e. The molecule has 4 atom stereocenters.